The Balaban J connectivity index is 1.82. The van der Waals surface area contributed by atoms with E-state index in [1.165, 1.54) is 30.6 Å². The van der Waals surface area contributed by atoms with Crippen LogP contribution >= 0.6 is 11.3 Å². The van der Waals surface area contributed by atoms with Crippen molar-refractivity contribution >= 4 is 28.1 Å². The Labute approximate surface area is 173 Å². The summed E-state index contributed by atoms with van der Waals surface area (Å²) in [5.41, 5.74) is 6.71. The van der Waals surface area contributed by atoms with E-state index in [0.717, 1.165) is 4.88 Å². The molecule has 4 rings (SSSR count). The molecule has 30 heavy (non-hydrogen) atoms. The minimum atomic E-state index is -4.50. The van der Waals surface area contributed by atoms with Gasteiger partial charge in [-0.05, 0) is 24.1 Å². The van der Waals surface area contributed by atoms with Gasteiger partial charge in [0.15, 0.2) is 0 Å². The summed E-state index contributed by atoms with van der Waals surface area (Å²) >= 11 is 1.41. The van der Waals surface area contributed by atoms with E-state index in [9.17, 15) is 18.0 Å². The number of nitrogens with zero attached hydrogens (tertiary/aromatic N) is 2. The maximum atomic E-state index is 13.3. The minimum absolute atomic E-state index is 0.216. The third-order valence-corrected chi connectivity index (χ3v) is 6.11. The number of aromatic nitrogens is 2. The number of ether oxygens (including phenoxy) is 2. The Kier molecular flexibility index (Phi) is 5.15. The number of pyridine rings is 1. The van der Waals surface area contributed by atoms with Crippen LogP contribution in [0.1, 0.15) is 12.0 Å². The summed E-state index contributed by atoms with van der Waals surface area (Å²) in [5.74, 6) is -2.34. The average molecular weight is 437 g/mol. The van der Waals surface area contributed by atoms with Crippen molar-refractivity contribution in [3.05, 3.63) is 41.5 Å². The molecule has 10 heteroatoms. The van der Waals surface area contributed by atoms with Crippen molar-refractivity contribution in [2.24, 2.45) is 11.7 Å². The molecule has 0 radical (unpaired) electrons. The summed E-state index contributed by atoms with van der Waals surface area (Å²) < 4.78 is 50.8. The van der Waals surface area contributed by atoms with Gasteiger partial charge in [-0.3, -0.25) is 9.78 Å². The molecule has 1 amide bonds. The van der Waals surface area contributed by atoms with Crippen LogP contribution in [0.2, 0.25) is 0 Å². The smallest absolute Gasteiger partial charge is 0.393 e. The summed E-state index contributed by atoms with van der Waals surface area (Å²) in [4.78, 5) is 21.5. The molecule has 1 fully saturated rings. The molecular weight excluding hydrogens is 419 g/mol. The van der Waals surface area contributed by atoms with Crippen LogP contribution in [0.4, 0.5) is 13.2 Å². The Bertz CT molecular complexity index is 1090. The third-order valence-electron chi connectivity index (χ3n) is 5.31. The average Bonchev–Trinajstić information content (AvgIpc) is 3.27. The predicted octanol–water partition coefficient (Wildman–Crippen LogP) is 3.69. The number of rotatable bonds is 7. The summed E-state index contributed by atoms with van der Waals surface area (Å²) in [6.45, 7) is 0.578. The molecule has 0 saturated heterocycles. The van der Waals surface area contributed by atoms with Crippen molar-refractivity contribution in [2.75, 3.05) is 20.3 Å². The molecule has 1 aliphatic carbocycles. The van der Waals surface area contributed by atoms with Gasteiger partial charge >= 0.3 is 6.18 Å². The van der Waals surface area contributed by atoms with Crippen LogP contribution in [0.15, 0.2) is 36.0 Å². The number of primary amides is 1. The fraction of sp³-hybridized carbons (Fsp3) is 0.350. The van der Waals surface area contributed by atoms with Gasteiger partial charge in [0.25, 0.3) is 0 Å². The maximum Gasteiger partial charge on any atom is 0.393 e. The molecule has 2 unspecified atom stereocenters. The Morgan fingerprint density at radius 2 is 2.13 bits per heavy atom. The lowest BCUT2D eigenvalue weighted by Crippen LogP contribution is -2.34. The molecule has 3 aromatic rings. The molecule has 1 aliphatic rings. The molecule has 2 N–H and O–H groups in total. The number of thiazole rings is 1. The third kappa shape index (κ3) is 3.50. The van der Waals surface area contributed by atoms with E-state index >= 15 is 0 Å². The van der Waals surface area contributed by atoms with Gasteiger partial charge in [0.2, 0.25) is 5.91 Å². The lowest BCUT2D eigenvalue weighted by molar-refractivity contribution is -0.156. The highest BCUT2D eigenvalue weighted by atomic mass is 32.1. The first-order chi connectivity index (χ1) is 14.3. The van der Waals surface area contributed by atoms with Gasteiger partial charge < -0.3 is 15.2 Å². The second-order valence-electron chi connectivity index (χ2n) is 7.08. The number of halogens is 3. The van der Waals surface area contributed by atoms with E-state index in [1.807, 2.05) is 0 Å². The Morgan fingerprint density at radius 1 is 1.33 bits per heavy atom. The van der Waals surface area contributed by atoms with Crippen LogP contribution in [0, 0.1) is 5.92 Å². The highest BCUT2D eigenvalue weighted by molar-refractivity contribution is 7.13. The fourth-order valence-corrected chi connectivity index (χ4v) is 4.27. The van der Waals surface area contributed by atoms with E-state index in [1.54, 1.807) is 23.8 Å². The van der Waals surface area contributed by atoms with Crippen LogP contribution in [0.5, 0.6) is 5.75 Å². The van der Waals surface area contributed by atoms with Crippen molar-refractivity contribution in [1.29, 1.82) is 0 Å². The fourth-order valence-electron chi connectivity index (χ4n) is 3.69. The summed E-state index contributed by atoms with van der Waals surface area (Å²) in [6, 6.07) is 6.31. The molecule has 0 aliphatic heterocycles. The zero-order chi connectivity index (χ0) is 21.5. The molecular formula is C20H18F3N3O3S. The second-order valence-corrected chi connectivity index (χ2v) is 7.96. The molecule has 2 atom stereocenters. The van der Waals surface area contributed by atoms with Crippen molar-refractivity contribution in [3.63, 3.8) is 0 Å². The van der Waals surface area contributed by atoms with Crippen LogP contribution in [0.3, 0.4) is 0 Å². The van der Waals surface area contributed by atoms with Gasteiger partial charge in [-0.15, -0.1) is 11.3 Å². The van der Waals surface area contributed by atoms with Gasteiger partial charge in [-0.1, -0.05) is 6.07 Å². The number of amides is 1. The van der Waals surface area contributed by atoms with Crippen LogP contribution in [-0.2, 0) is 14.9 Å². The van der Waals surface area contributed by atoms with Crippen LogP contribution in [0.25, 0.3) is 21.5 Å². The lowest BCUT2D eigenvalue weighted by atomic mass is 9.91. The minimum Gasteiger partial charge on any atom is -0.490 e. The van der Waals surface area contributed by atoms with Gasteiger partial charge in [0.05, 0.1) is 39.5 Å². The molecule has 6 nitrogen and oxygen atoms in total. The molecule has 2 heterocycles. The monoisotopic (exact) mass is 437 g/mol. The molecule has 0 bridgehead atoms. The quantitative estimate of drug-likeness (QED) is 0.570. The zero-order valence-corrected chi connectivity index (χ0v) is 16.7. The zero-order valence-electron chi connectivity index (χ0n) is 15.9. The first kappa shape index (κ1) is 20.5. The lowest BCUT2D eigenvalue weighted by Gasteiger charge is -2.18. The first-order valence-electron chi connectivity index (χ1n) is 9.10. The van der Waals surface area contributed by atoms with Crippen LogP contribution in [-0.4, -0.2) is 42.4 Å². The topological polar surface area (TPSA) is 87.3 Å². The number of nitrogens with two attached hydrogens (primary N) is 1. The molecule has 158 valence electrons. The van der Waals surface area contributed by atoms with Crippen molar-refractivity contribution in [3.8, 4) is 16.3 Å². The summed E-state index contributed by atoms with van der Waals surface area (Å²) in [7, 11) is 1.54. The number of fused-ring (bicyclic) bond motifs is 1. The highest BCUT2D eigenvalue weighted by Gasteiger charge is 2.70. The standard InChI is InChI=1S/C20H18F3N3O3S/c1-28-4-5-29-15-7-14(16-9-25-10-30-16)26-13-3-2-11(6-12(13)15)19(18(24)27)8-17(19)20(21,22)23/h2-3,6-7,9-10,17H,4-5,8H2,1H3,(H2,24,27). The number of benzene rings is 1. The number of carbonyl (C=O) groups is 1. The van der Waals surface area contributed by atoms with Crippen molar-refractivity contribution < 1.29 is 27.4 Å². The SMILES string of the molecule is COCCOc1cc(-c2cncs2)nc2ccc(C3(C(N)=O)CC3C(F)(F)F)cc12. The van der Waals surface area contributed by atoms with Crippen molar-refractivity contribution in [2.45, 2.75) is 18.0 Å². The Hall–Kier alpha value is -2.72. The highest BCUT2D eigenvalue weighted by Crippen LogP contribution is 2.61. The van der Waals surface area contributed by atoms with Crippen LogP contribution < -0.4 is 10.5 Å². The number of carbonyl (C=O) groups excluding carboxylic acids is 1. The van der Waals surface area contributed by atoms with Gasteiger partial charge in [-0.2, -0.15) is 13.2 Å². The molecule has 1 saturated carbocycles. The molecule has 2 aromatic heterocycles. The largest absolute Gasteiger partial charge is 0.490 e. The maximum absolute atomic E-state index is 13.3. The summed E-state index contributed by atoms with van der Waals surface area (Å²) in [5, 5.41) is 0.505. The van der Waals surface area contributed by atoms with E-state index in [4.69, 9.17) is 15.2 Å². The number of alkyl halides is 3. The van der Waals surface area contributed by atoms with E-state index in [2.05, 4.69) is 9.97 Å². The van der Waals surface area contributed by atoms with Crippen molar-refractivity contribution in [1.82, 2.24) is 9.97 Å². The second kappa shape index (κ2) is 7.51. The summed E-state index contributed by atoms with van der Waals surface area (Å²) in [6.07, 6.45) is -3.19. The molecule has 1 aromatic carbocycles. The normalized spacial score (nSPS) is 21.0. The number of hydrogen-bond donors (Lipinski definition) is 1. The van der Waals surface area contributed by atoms with E-state index < -0.39 is 23.4 Å². The van der Waals surface area contributed by atoms with E-state index in [0.29, 0.717) is 29.0 Å². The predicted molar refractivity (Wildman–Crippen MR) is 105 cm³/mol. The molecule has 0 spiro atoms. The van der Waals surface area contributed by atoms with Gasteiger partial charge in [0.1, 0.15) is 12.4 Å². The number of hydrogen-bond acceptors (Lipinski definition) is 6. The number of methoxy groups -OCH3 is 1. The van der Waals surface area contributed by atoms with E-state index in [-0.39, 0.29) is 18.6 Å². The Morgan fingerprint density at radius 3 is 2.73 bits per heavy atom. The van der Waals surface area contributed by atoms with Gasteiger partial charge in [0, 0.05) is 24.8 Å². The van der Waals surface area contributed by atoms with Gasteiger partial charge in [-0.25, -0.2) is 4.98 Å². The first-order valence-corrected chi connectivity index (χ1v) is 9.98.